The summed E-state index contributed by atoms with van der Waals surface area (Å²) in [6.45, 7) is 7.22. The van der Waals surface area contributed by atoms with E-state index in [4.69, 9.17) is 16.3 Å². The molecule has 0 aliphatic carbocycles. The zero-order valence-electron chi connectivity index (χ0n) is 13.3. The van der Waals surface area contributed by atoms with E-state index in [1.807, 2.05) is 6.07 Å². The van der Waals surface area contributed by atoms with Crippen molar-refractivity contribution in [1.29, 1.82) is 0 Å². The molecule has 0 N–H and O–H groups in total. The third kappa shape index (κ3) is 3.93. The van der Waals surface area contributed by atoms with Gasteiger partial charge in [-0.05, 0) is 38.3 Å². The summed E-state index contributed by atoms with van der Waals surface area (Å²) >= 11 is 5.64. The van der Waals surface area contributed by atoms with E-state index in [9.17, 15) is 13.2 Å². The first-order valence-electron chi connectivity index (χ1n) is 7.11. The standard InChI is InChI=1S/C15H22ClNO4S/c1-5-13(15(18)21-6-2)17(22(19,20)10-16)14-11(3)8-7-9-12(14)4/h7-9,13H,5-6,10H2,1-4H3. The second-order valence-electron chi connectivity index (χ2n) is 4.93. The van der Waals surface area contributed by atoms with Crippen LogP contribution in [0.5, 0.6) is 0 Å². The van der Waals surface area contributed by atoms with Crippen molar-refractivity contribution in [3.63, 3.8) is 0 Å². The van der Waals surface area contributed by atoms with Crippen LogP contribution in [-0.4, -0.2) is 32.2 Å². The summed E-state index contributed by atoms with van der Waals surface area (Å²) in [7, 11) is -3.84. The molecule has 22 heavy (non-hydrogen) atoms. The number of hydrogen-bond donors (Lipinski definition) is 0. The van der Waals surface area contributed by atoms with Crippen LogP contribution >= 0.6 is 11.6 Å². The lowest BCUT2D eigenvalue weighted by molar-refractivity contribution is -0.144. The van der Waals surface area contributed by atoms with E-state index in [1.54, 1.807) is 39.8 Å². The average Bonchev–Trinajstić information content (AvgIpc) is 2.46. The van der Waals surface area contributed by atoms with Gasteiger partial charge in [0.05, 0.1) is 12.3 Å². The maximum atomic E-state index is 12.5. The van der Waals surface area contributed by atoms with Gasteiger partial charge in [-0.25, -0.2) is 13.2 Å². The molecule has 1 aromatic carbocycles. The van der Waals surface area contributed by atoms with Gasteiger partial charge in [0, 0.05) is 0 Å². The Kier molecular flexibility index (Phi) is 6.68. The van der Waals surface area contributed by atoms with E-state index in [0.29, 0.717) is 12.1 Å². The third-order valence-corrected chi connectivity index (χ3v) is 5.47. The molecule has 0 radical (unpaired) electrons. The maximum absolute atomic E-state index is 12.5. The molecule has 1 rings (SSSR count). The second kappa shape index (κ2) is 7.83. The molecule has 1 unspecified atom stereocenters. The number of esters is 1. The molecule has 1 atom stereocenters. The number of halogens is 1. The molecule has 0 bridgehead atoms. The van der Waals surface area contributed by atoms with Gasteiger partial charge in [-0.1, -0.05) is 25.1 Å². The third-order valence-electron chi connectivity index (χ3n) is 3.33. The highest BCUT2D eigenvalue weighted by Gasteiger charge is 2.36. The molecule has 5 nitrogen and oxygen atoms in total. The number of alkyl halides is 1. The van der Waals surface area contributed by atoms with E-state index in [-0.39, 0.29) is 6.61 Å². The Morgan fingerprint density at radius 1 is 1.27 bits per heavy atom. The number of carbonyl (C=O) groups is 1. The molecule has 0 aliphatic heterocycles. The van der Waals surface area contributed by atoms with Crippen molar-refractivity contribution in [2.75, 3.05) is 16.1 Å². The van der Waals surface area contributed by atoms with Gasteiger partial charge in [0.1, 0.15) is 11.3 Å². The van der Waals surface area contributed by atoms with Gasteiger partial charge in [0.25, 0.3) is 0 Å². The summed E-state index contributed by atoms with van der Waals surface area (Å²) in [6, 6.07) is 4.52. The van der Waals surface area contributed by atoms with E-state index in [2.05, 4.69) is 0 Å². The molecule has 0 saturated carbocycles. The first-order valence-corrected chi connectivity index (χ1v) is 9.25. The quantitative estimate of drug-likeness (QED) is 0.562. The Bertz CT molecular complexity index is 610. The van der Waals surface area contributed by atoms with Gasteiger partial charge >= 0.3 is 5.97 Å². The van der Waals surface area contributed by atoms with E-state index < -0.39 is 27.2 Å². The summed E-state index contributed by atoms with van der Waals surface area (Å²) in [4.78, 5) is 12.2. The Morgan fingerprint density at radius 3 is 2.23 bits per heavy atom. The van der Waals surface area contributed by atoms with E-state index in [0.717, 1.165) is 15.4 Å². The topological polar surface area (TPSA) is 63.7 Å². The fourth-order valence-corrected chi connectivity index (χ4v) is 3.97. The maximum Gasteiger partial charge on any atom is 0.329 e. The van der Waals surface area contributed by atoms with Gasteiger partial charge in [-0.2, -0.15) is 0 Å². The number of ether oxygens (including phenoxy) is 1. The molecule has 0 fully saturated rings. The summed E-state index contributed by atoms with van der Waals surface area (Å²) in [5.41, 5.74) is 2.01. The van der Waals surface area contributed by atoms with Gasteiger partial charge < -0.3 is 4.74 Å². The first kappa shape index (κ1) is 18.8. The number of benzene rings is 1. The monoisotopic (exact) mass is 347 g/mol. The highest BCUT2D eigenvalue weighted by atomic mass is 35.5. The summed E-state index contributed by atoms with van der Waals surface area (Å²) in [6.07, 6.45) is 0.294. The van der Waals surface area contributed by atoms with Crippen molar-refractivity contribution in [1.82, 2.24) is 0 Å². The Labute approximate surface area is 137 Å². The van der Waals surface area contributed by atoms with Gasteiger partial charge in [-0.15, -0.1) is 11.6 Å². The van der Waals surface area contributed by atoms with Crippen molar-refractivity contribution in [3.8, 4) is 0 Å². The number of nitrogens with zero attached hydrogens (tertiary/aromatic N) is 1. The smallest absolute Gasteiger partial charge is 0.329 e. The molecule has 0 aromatic heterocycles. The number of aryl methyl sites for hydroxylation is 2. The summed E-state index contributed by atoms with van der Waals surface area (Å²) in [5, 5.41) is -0.601. The highest BCUT2D eigenvalue weighted by Crippen LogP contribution is 2.31. The van der Waals surface area contributed by atoms with Crippen LogP contribution in [0.25, 0.3) is 0 Å². The fraction of sp³-hybridized carbons (Fsp3) is 0.533. The van der Waals surface area contributed by atoms with Crippen LogP contribution in [0.3, 0.4) is 0 Å². The van der Waals surface area contributed by atoms with Crippen LogP contribution in [0.1, 0.15) is 31.4 Å². The van der Waals surface area contributed by atoms with Crippen LogP contribution in [0.2, 0.25) is 0 Å². The van der Waals surface area contributed by atoms with Gasteiger partial charge in [0.15, 0.2) is 0 Å². The molecule has 7 heteroatoms. The number of anilines is 1. The number of sulfonamides is 1. The molecular weight excluding hydrogens is 326 g/mol. The Balaban J connectivity index is 3.52. The molecule has 0 amide bonds. The molecular formula is C15H22ClNO4S. The zero-order valence-corrected chi connectivity index (χ0v) is 14.9. The molecule has 0 heterocycles. The highest BCUT2D eigenvalue weighted by molar-refractivity contribution is 7.94. The average molecular weight is 348 g/mol. The number of carbonyl (C=O) groups excluding carboxylic acids is 1. The van der Waals surface area contributed by atoms with Crippen molar-refractivity contribution in [3.05, 3.63) is 29.3 Å². The first-order chi connectivity index (χ1) is 10.3. The summed E-state index contributed by atoms with van der Waals surface area (Å²) < 4.78 is 31.1. The predicted molar refractivity (Wildman–Crippen MR) is 88.7 cm³/mol. The van der Waals surface area contributed by atoms with E-state index >= 15 is 0 Å². The zero-order chi connectivity index (χ0) is 16.9. The SMILES string of the molecule is CCOC(=O)C(CC)N(c1c(C)cccc1C)S(=O)(=O)CCl. The molecule has 124 valence electrons. The van der Waals surface area contributed by atoms with Crippen LogP contribution in [0, 0.1) is 13.8 Å². The second-order valence-corrected chi connectivity index (χ2v) is 7.36. The van der Waals surface area contributed by atoms with E-state index in [1.165, 1.54) is 0 Å². The lowest BCUT2D eigenvalue weighted by Crippen LogP contribution is -2.47. The van der Waals surface area contributed by atoms with Gasteiger partial charge in [0.2, 0.25) is 10.0 Å². The molecule has 0 spiro atoms. The Morgan fingerprint density at radius 2 is 1.82 bits per heavy atom. The van der Waals surface area contributed by atoms with Crippen molar-refractivity contribution in [2.45, 2.75) is 40.2 Å². The minimum absolute atomic E-state index is 0.191. The lowest BCUT2D eigenvalue weighted by Gasteiger charge is -2.32. The minimum atomic E-state index is -3.84. The van der Waals surface area contributed by atoms with Crippen LogP contribution < -0.4 is 4.31 Å². The van der Waals surface area contributed by atoms with Crippen LogP contribution in [-0.2, 0) is 19.6 Å². The largest absolute Gasteiger partial charge is 0.464 e. The predicted octanol–water partition coefficient (Wildman–Crippen LogP) is 2.98. The van der Waals surface area contributed by atoms with Crippen LogP contribution in [0.15, 0.2) is 18.2 Å². The molecule has 0 aliphatic rings. The van der Waals surface area contributed by atoms with Gasteiger partial charge in [-0.3, -0.25) is 4.31 Å². The van der Waals surface area contributed by atoms with Crippen molar-refractivity contribution >= 4 is 33.3 Å². The lowest BCUT2D eigenvalue weighted by atomic mass is 10.1. The van der Waals surface area contributed by atoms with Crippen molar-refractivity contribution < 1.29 is 17.9 Å². The van der Waals surface area contributed by atoms with Crippen molar-refractivity contribution in [2.24, 2.45) is 0 Å². The minimum Gasteiger partial charge on any atom is -0.464 e. The molecule has 0 saturated heterocycles. The summed E-state index contributed by atoms with van der Waals surface area (Å²) in [5.74, 6) is -0.568. The normalized spacial score (nSPS) is 12.8. The number of rotatable bonds is 7. The molecule has 1 aromatic rings. The number of hydrogen-bond acceptors (Lipinski definition) is 4. The fourth-order valence-electron chi connectivity index (χ4n) is 2.36. The van der Waals surface area contributed by atoms with Crippen LogP contribution in [0.4, 0.5) is 5.69 Å². The Hall–Kier alpha value is -1.27. The number of para-hydroxylation sites is 1.